The second-order valence-electron chi connectivity index (χ2n) is 4.00. The fraction of sp³-hybridized carbons (Fsp3) is 0.357. The Labute approximate surface area is 117 Å². The molecular formula is C14H18N2O2S. The average molecular weight is 278 g/mol. The predicted molar refractivity (Wildman–Crippen MR) is 78.3 cm³/mol. The maximum absolute atomic E-state index is 5.49. The van der Waals surface area contributed by atoms with E-state index < -0.39 is 0 Å². The number of aromatic nitrogens is 1. The molecule has 0 saturated heterocycles. The van der Waals surface area contributed by atoms with Gasteiger partial charge in [0.2, 0.25) is 0 Å². The first-order chi connectivity index (χ1) is 9.22. The molecule has 1 heterocycles. The highest BCUT2D eigenvalue weighted by molar-refractivity contribution is 7.11. The molecule has 0 aliphatic rings. The number of nitrogens with one attached hydrogen (secondary N) is 1. The fourth-order valence-electron chi connectivity index (χ4n) is 1.73. The lowest BCUT2D eigenvalue weighted by Crippen LogP contribution is -2.00. The minimum atomic E-state index is 0.628. The third kappa shape index (κ3) is 3.61. The first-order valence-electron chi connectivity index (χ1n) is 6.19. The number of hydrogen-bond acceptors (Lipinski definition) is 5. The molecular weight excluding hydrogens is 260 g/mol. The Morgan fingerprint density at radius 2 is 2.16 bits per heavy atom. The summed E-state index contributed by atoms with van der Waals surface area (Å²) in [4.78, 5) is 5.45. The lowest BCUT2D eigenvalue weighted by atomic mass is 10.2. The van der Waals surface area contributed by atoms with Gasteiger partial charge < -0.3 is 14.8 Å². The van der Waals surface area contributed by atoms with Crippen molar-refractivity contribution in [1.29, 1.82) is 0 Å². The van der Waals surface area contributed by atoms with Crippen LogP contribution in [0.15, 0.2) is 24.4 Å². The SMILES string of the molecule is CCOc1ccc(NCc2cnc(C)s2)cc1OC. The maximum Gasteiger partial charge on any atom is 0.162 e. The van der Waals surface area contributed by atoms with Crippen molar-refractivity contribution in [2.75, 3.05) is 19.0 Å². The van der Waals surface area contributed by atoms with E-state index in [0.717, 1.165) is 28.7 Å². The molecule has 5 heteroatoms. The van der Waals surface area contributed by atoms with E-state index in [1.54, 1.807) is 18.4 Å². The van der Waals surface area contributed by atoms with Gasteiger partial charge in [0, 0.05) is 22.8 Å². The van der Waals surface area contributed by atoms with Gasteiger partial charge >= 0.3 is 0 Å². The summed E-state index contributed by atoms with van der Waals surface area (Å²) >= 11 is 1.70. The van der Waals surface area contributed by atoms with Crippen LogP contribution in [0.1, 0.15) is 16.8 Å². The predicted octanol–water partition coefficient (Wildman–Crippen LogP) is 3.47. The van der Waals surface area contributed by atoms with Gasteiger partial charge in [-0.3, -0.25) is 0 Å². The maximum atomic E-state index is 5.49. The molecule has 0 amide bonds. The minimum absolute atomic E-state index is 0.628. The number of ether oxygens (including phenoxy) is 2. The second kappa shape index (κ2) is 6.43. The summed E-state index contributed by atoms with van der Waals surface area (Å²) in [6.45, 7) is 5.36. The van der Waals surface area contributed by atoms with Crippen LogP contribution in [0, 0.1) is 6.92 Å². The number of hydrogen-bond donors (Lipinski definition) is 1. The summed E-state index contributed by atoms with van der Waals surface area (Å²) in [5, 5.41) is 4.44. The topological polar surface area (TPSA) is 43.4 Å². The zero-order valence-corrected chi connectivity index (χ0v) is 12.2. The normalized spacial score (nSPS) is 10.3. The quantitative estimate of drug-likeness (QED) is 0.878. The van der Waals surface area contributed by atoms with E-state index in [0.29, 0.717) is 6.61 Å². The standard InChI is InChI=1S/C14H18N2O2S/c1-4-18-13-6-5-11(7-14(13)17-3)16-9-12-8-15-10(2)19-12/h5-8,16H,4,9H2,1-3H3. The molecule has 0 spiro atoms. The zero-order chi connectivity index (χ0) is 13.7. The van der Waals surface area contributed by atoms with Gasteiger partial charge in [0.05, 0.1) is 25.3 Å². The van der Waals surface area contributed by atoms with Gasteiger partial charge in [0.15, 0.2) is 11.5 Å². The lowest BCUT2D eigenvalue weighted by molar-refractivity contribution is 0.311. The molecule has 0 atom stereocenters. The van der Waals surface area contributed by atoms with Crippen LogP contribution >= 0.6 is 11.3 Å². The zero-order valence-electron chi connectivity index (χ0n) is 11.4. The van der Waals surface area contributed by atoms with Crippen LogP contribution in [-0.4, -0.2) is 18.7 Å². The highest BCUT2D eigenvalue weighted by Crippen LogP contribution is 2.30. The van der Waals surface area contributed by atoms with Crippen LogP contribution in [-0.2, 0) is 6.54 Å². The molecule has 4 nitrogen and oxygen atoms in total. The van der Waals surface area contributed by atoms with Gasteiger partial charge in [0.1, 0.15) is 0 Å². The Kier molecular flexibility index (Phi) is 4.63. The number of benzene rings is 1. The van der Waals surface area contributed by atoms with E-state index in [2.05, 4.69) is 10.3 Å². The van der Waals surface area contributed by atoms with Crippen molar-refractivity contribution in [2.24, 2.45) is 0 Å². The number of rotatable bonds is 6. The average Bonchev–Trinajstić information content (AvgIpc) is 2.83. The van der Waals surface area contributed by atoms with Crippen molar-refractivity contribution in [3.8, 4) is 11.5 Å². The third-order valence-electron chi connectivity index (χ3n) is 2.60. The Bertz CT molecular complexity index is 540. The molecule has 2 rings (SSSR count). The van der Waals surface area contributed by atoms with Crippen molar-refractivity contribution < 1.29 is 9.47 Å². The molecule has 0 saturated carbocycles. The summed E-state index contributed by atoms with van der Waals surface area (Å²) < 4.78 is 10.8. The van der Waals surface area contributed by atoms with Crippen LogP contribution in [0.4, 0.5) is 5.69 Å². The molecule has 0 radical (unpaired) electrons. The summed E-state index contributed by atoms with van der Waals surface area (Å²) in [5.74, 6) is 1.51. The molecule has 1 aromatic heterocycles. The summed E-state index contributed by atoms with van der Waals surface area (Å²) in [6, 6.07) is 5.85. The van der Waals surface area contributed by atoms with Gasteiger partial charge in [-0.25, -0.2) is 4.98 Å². The monoisotopic (exact) mass is 278 g/mol. The van der Waals surface area contributed by atoms with Crippen LogP contribution in [0.5, 0.6) is 11.5 Å². The van der Waals surface area contributed by atoms with E-state index >= 15 is 0 Å². The van der Waals surface area contributed by atoms with Crippen molar-refractivity contribution >= 4 is 17.0 Å². The molecule has 0 unspecified atom stereocenters. The highest BCUT2D eigenvalue weighted by atomic mass is 32.1. The third-order valence-corrected chi connectivity index (χ3v) is 3.51. The summed E-state index contributed by atoms with van der Waals surface area (Å²) in [7, 11) is 1.65. The molecule has 0 aliphatic carbocycles. The van der Waals surface area contributed by atoms with Gasteiger partial charge in [0.25, 0.3) is 0 Å². The first kappa shape index (κ1) is 13.7. The smallest absolute Gasteiger partial charge is 0.162 e. The van der Waals surface area contributed by atoms with E-state index in [4.69, 9.17) is 9.47 Å². The second-order valence-corrected chi connectivity index (χ2v) is 5.32. The van der Waals surface area contributed by atoms with E-state index in [1.807, 2.05) is 38.2 Å². The Morgan fingerprint density at radius 3 is 2.79 bits per heavy atom. The molecule has 0 fully saturated rings. The molecule has 1 N–H and O–H groups in total. The summed E-state index contributed by atoms with van der Waals surface area (Å²) in [5.41, 5.74) is 1.01. The van der Waals surface area contributed by atoms with E-state index in [9.17, 15) is 0 Å². The van der Waals surface area contributed by atoms with Crippen molar-refractivity contribution in [1.82, 2.24) is 4.98 Å². The lowest BCUT2D eigenvalue weighted by Gasteiger charge is -2.11. The minimum Gasteiger partial charge on any atom is -0.493 e. The molecule has 0 bridgehead atoms. The van der Waals surface area contributed by atoms with Crippen LogP contribution in [0.25, 0.3) is 0 Å². The van der Waals surface area contributed by atoms with Crippen molar-refractivity contribution in [3.05, 3.63) is 34.3 Å². The van der Waals surface area contributed by atoms with Crippen LogP contribution < -0.4 is 14.8 Å². The summed E-state index contributed by atoms with van der Waals surface area (Å²) in [6.07, 6.45) is 1.90. The van der Waals surface area contributed by atoms with E-state index in [1.165, 1.54) is 4.88 Å². The van der Waals surface area contributed by atoms with Crippen LogP contribution in [0.2, 0.25) is 0 Å². The Balaban J connectivity index is 2.04. The van der Waals surface area contributed by atoms with Crippen LogP contribution in [0.3, 0.4) is 0 Å². The largest absolute Gasteiger partial charge is 0.493 e. The Morgan fingerprint density at radius 1 is 1.32 bits per heavy atom. The number of methoxy groups -OCH3 is 1. The molecule has 19 heavy (non-hydrogen) atoms. The molecule has 1 aromatic carbocycles. The molecule has 0 aliphatic heterocycles. The van der Waals surface area contributed by atoms with Crippen molar-refractivity contribution in [2.45, 2.75) is 20.4 Å². The van der Waals surface area contributed by atoms with Gasteiger partial charge in [-0.05, 0) is 26.0 Å². The molecule has 102 valence electrons. The number of thiazole rings is 1. The van der Waals surface area contributed by atoms with Gasteiger partial charge in [-0.2, -0.15) is 0 Å². The van der Waals surface area contributed by atoms with Gasteiger partial charge in [-0.15, -0.1) is 11.3 Å². The number of anilines is 1. The van der Waals surface area contributed by atoms with E-state index in [-0.39, 0.29) is 0 Å². The first-order valence-corrected chi connectivity index (χ1v) is 7.00. The highest BCUT2D eigenvalue weighted by Gasteiger charge is 2.05. The van der Waals surface area contributed by atoms with Crippen molar-refractivity contribution in [3.63, 3.8) is 0 Å². The van der Waals surface area contributed by atoms with Gasteiger partial charge in [-0.1, -0.05) is 0 Å². The fourth-order valence-corrected chi connectivity index (χ4v) is 2.46. The number of aryl methyl sites for hydroxylation is 1. The Hall–Kier alpha value is -1.75. The number of nitrogens with zero attached hydrogens (tertiary/aromatic N) is 1. The molecule has 2 aromatic rings.